The average Bonchev–Trinajstić information content (AvgIpc) is 2.38. The first-order valence-corrected chi connectivity index (χ1v) is 8.29. The fourth-order valence-electron chi connectivity index (χ4n) is 2.23. The highest BCUT2D eigenvalue weighted by molar-refractivity contribution is 7.89. The van der Waals surface area contributed by atoms with Gasteiger partial charge >= 0.3 is 5.97 Å². The molecule has 0 spiro atoms. The Kier molecular flexibility index (Phi) is 4.79. The molecule has 21 heavy (non-hydrogen) atoms. The standard InChI is InChI=1S/C12H13Cl2NO5S/c13-8-2-1-3-9(14)11(8)21(19,20)15-5-4-10(16)7(6-15)12(17)18/h1-3,7,10,16H,4-6H2,(H,17,18)/t7-,10-/m0/s1. The van der Waals surface area contributed by atoms with Crippen molar-refractivity contribution in [1.82, 2.24) is 4.31 Å². The lowest BCUT2D eigenvalue weighted by atomic mass is 9.96. The van der Waals surface area contributed by atoms with Gasteiger partial charge in [-0.3, -0.25) is 4.79 Å². The normalized spacial score (nSPS) is 24.0. The molecule has 0 unspecified atom stereocenters. The number of carboxylic acids is 1. The van der Waals surface area contributed by atoms with Gasteiger partial charge in [-0.25, -0.2) is 8.42 Å². The Balaban J connectivity index is 2.39. The molecule has 1 aromatic rings. The number of aliphatic carboxylic acids is 1. The van der Waals surface area contributed by atoms with Gasteiger partial charge in [0.2, 0.25) is 10.0 Å². The number of hydrogen-bond donors (Lipinski definition) is 2. The minimum Gasteiger partial charge on any atom is -0.481 e. The van der Waals surface area contributed by atoms with Gasteiger partial charge in [-0.1, -0.05) is 29.3 Å². The first-order chi connectivity index (χ1) is 9.75. The maximum absolute atomic E-state index is 12.6. The summed E-state index contributed by atoms with van der Waals surface area (Å²) in [6.07, 6.45) is -1.03. The Morgan fingerprint density at radius 3 is 2.38 bits per heavy atom. The van der Waals surface area contributed by atoms with E-state index in [0.29, 0.717) is 0 Å². The van der Waals surface area contributed by atoms with E-state index in [1.807, 2.05) is 0 Å². The molecule has 2 rings (SSSR count). The number of halogens is 2. The van der Waals surface area contributed by atoms with Crippen LogP contribution in [0.15, 0.2) is 23.1 Å². The molecule has 2 atom stereocenters. The molecule has 0 aromatic heterocycles. The van der Waals surface area contributed by atoms with Gasteiger partial charge in [-0.2, -0.15) is 4.31 Å². The Morgan fingerprint density at radius 2 is 1.86 bits per heavy atom. The van der Waals surface area contributed by atoms with Gasteiger partial charge < -0.3 is 10.2 Å². The molecule has 0 bridgehead atoms. The van der Waals surface area contributed by atoms with E-state index in [-0.39, 0.29) is 34.5 Å². The van der Waals surface area contributed by atoms with E-state index in [1.54, 1.807) is 0 Å². The summed E-state index contributed by atoms with van der Waals surface area (Å²) in [5, 5.41) is 18.6. The van der Waals surface area contributed by atoms with E-state index in [9.17, 15) is 18.3 Å². The monoisotopic (exact) mass is 353 g/mol. The number of rotatable bonds is 3. The summed E-state index contributed by atoms with van der Waals surface area (Å²) >= 11 is 11.8. The van der Waals surface area contributed by atoms with Crippen LogP contribution in [0.4, 0.5) is 0 Å². The molecule has 1 saturated heterocycles. The largest absolute Gasteiger partial charge is 0.481 e. The lowest BCUT2D eigenvalue weighted by Gasteiger charge is -2.33. The number of nitrogens with zero attached hydrogens (tertiary/aromatic N) is 1. The molecule has 1 fully saturated rings. The molecule has 1 heterocycles. The van der Waals surface area contributed by atoms with Gasteiger partial charge in [0, 0.05) is 13.1 Å². The zero-order valence-corrected chi connectivity index (χ0v) is 13.1. The zero-order valence-electron chi connectivity index (χ0n) is 10.7. The van der Waals surface area contributed by atoms with Crippen LogP contribution in [0, 0.1) is 5.92 Å². The Bertz CT molecular complexity index is 643. The van der Waals surface area contributed by atoms with E-state index in [1.165, 1.54) is 18.2 Å². The van der Waals surface area contributed by atoms with Crippen LogP contribution in [0.3, 0.4) is 0 Å². The number of aliphatic hydroxyl groups excluding tert-OH is 1. The second-order valence-corrected chi connectivity index (χ2v) is 7.40. The summed E-state index contributed by atoms with van der Waals surface area (Å²) in [7, 11) is -4.02. The van der Waals surface area contributed by atoms with Gasteiger partial charge in [-0.15, -0.1) is 0 Å². The predicted molar refractivity (Wildman–Crippen MR) is 77.0 cm³/mol. The van der Waals surface area contributed by atoms with Crippen molar-refractivity contribution in [3.8, 4) is 0 Å². The van der Waals surface area contributed by atoms with Crippen LogP contribution < -0.4 is 0 Å². The molecule has 2 N–H and O–H groups in total. The highest BCUT2D eigenvalue weighted by Gasteiger charge is 2.39. The molecular formula is C12H13Cl2NO5S. The van der Waals surface area contributed by atoms with Crippen molar-refractivity contribution in [2.75, 3.05) is 13.1 Å². The van der Waals surface area contributed by atoms with Crippen LogP contribution in [-0.2, 0) is 14.8 Å². The smallest absolute Gasteiger partial charge is 0.310 e. The van der Waals surface area contributed by atoms with Gasteiger partial charge in [0.1, 0.15) is 4.90 Å². The SMILES string of the molecule is O=C(O)[C@H]1CN(S(=O)(=O)c2c(Cl)cccc2Cl)CC[C@@H]1O. The second-order valence-electron chi connectivity index (χ2n) is 4.71. The number of carbonyl (C=O) groups is 1. The molecule has 0 saturated carbocycles. The van der Waals surface area contributed by atoms with E-state index in [4.69, 9.17) is 28.3 Å². The fourth-order valence-corrected chi connectivity index (χ4v) is 4.80. The van der Waals surface area contributed by atoms with Crippen LogP contribution in [0.25, 0.3) is 0 Å². The predicted octanol–water partition coefficient (Wildman–Crippen LogP) is 1.45. The Labute approximate surface area is 131 Å². The molecule has 0 radical (unpaired) electrons. The van der Waals surface area contributed by atoms with Crippen LogP contribution in [0.5, 0.6) is 0 Å². The van der Waals surface area contributed by atoms with Gasteiger partial charge in [0.25, 0.3) is 0 Å². The summed E-state index contributed by atoms with van der Waals surface area (Å²) in [5.41, 5.74) is 0. The minimum atomic E-state index is -4.02. The molecule has 1 aromatic carbocycles. The number of aliphatic hydroxyl groups is 1. The molecule has 9 heteroatoms. The van der Waals surface area contributed by atoms with Crippen molar-refractivity contribution in [3.63, 3.8) is 0 Å². The topological polar surface area (TPSA) is 94.9 Å². The lowest BCUT2D eigenvalue weighted by molar-refractivity contribution is -0.147. The molecule has 1 aliphatic heterocycles. The third kappa shape index (κ3) is 3.17. The number of sulfonamides is 1. The highest BCUT2D eigenvalue weighted by atomic mass is 35.5. The maximum Gasteiger partial charge on any atom is 0.310 e. The summed E-state index contributed by atoms with van der Waals surface area (Å²) in [5.74, 6) is -2.41. The average molecular weight is 354 g/mol. The number of benzene rings is 1. The molecule has 0 aliphatic carbocycles. The summed E-state index contributed by atoms with van der Waals surface area (Å²) in [4.78, 5) is 10.8. The number of piperidine rings is 1. The van der Waals surface area contributed by atoms with Crippen molar-refractivity contribution < 1.29 is 23.4 Å². The van der Waals surface area contributed by atoms with E-state index in [0.717, 1.165) is 4.31 Å². The highest BCUT2D eigenvalue weighted by Crippen LogP contribution is 2.33. The van der Waals surface area contributed by atoms with Crippen molar-refractivity contribution >= 4 is 39.2 Å². The molecule has 6 nitrogen and oxygen atoms in total. The minimum absolute atomic E-state index is 0.00876. The summed E-state index contributed by atoms with van der Waals surface area (Å²) in [6, 6.07) is 4.31. The maximum atomic E-state index is 12.6. The second kappa shape index (κ2) is 6.10. The lowest BCUT2D eigenvalue weighted by Crippen LogP contribution is -2.48. The third-order valence-electron chi connectivity index (χ3n) is 3.37. The van der Waals surface area contributed by atoms with Crippen molar-refractivity contribution in [3.05, 3.63) is 28.2 Å². The van der Waals surface area contributed by atoms with Crippen molar-refractivity contribution in [2.24, 2.45) is 5.92 Å². The number of hydrogen-bond acceptors (Lipinski definition) is 4. The van der Waals surface area contributed by atoms with Gasteiger partial charge in [0.15, 0.2) is 0 Å². The van der Waals surface area contributed by atoms with Crippen LogP contribution in [0.2, 0.25) is 10.0 Å². The molecule has 116 valence electrons. The third-order valence-corrected chi connectivity index (χ3v) is 6.19. The Hall–Kier alpha value is -0.860. The van der Waals surface area contributed by atoms with Crippen molar-refractivity contribution in [2.45, 2.75) is 17.4 Å². The van der Waals surface area contributed by atoms with E-state index < -0.39 is 28.0 Å². The first kappa shape index (κ1) is 16.5. The van der Waals surface area contributed by atoms with E-state index in [2.05, 4.69) is 0 Å². The fraction of sp³-hybridized carbons (Fsp3) is 0.417. The zero-order chi connectivity index (χ0) is 15.8. The first-order valence-electron chi connectivity index (χ1n) is 6.10. The summed E-state index contributed by atoms with van der Waals surface area (Å²) in [6.45, 7) is -0.310. The van der Waals surface area contributed by atoms with E-state index >= 15 is 0 Å². The van der Waals surface area contributed by atoms with Crippen LogP contribution in [-0.4, -0.2) is 48.1 Å². The van der Waals surface area contributed by atoms with Gasteiger partial charge in [0.05, 0.1) is 22.1 Å². The molecule has 1 aliphatic rings. The van der Waals surface area contributed by atoms with Crippen LogP contribution in [0.1, 0.15) is 6.42 Å². The molecule has 0 amide bonds. The van der Waals surface area contributed by atoms with Crippen molar-refractivity contribution in [1.29, 1.82) is 0 Å². The number of carboxylic acid groups (broad SMARTS) is 1. The quantitative estimate of drug-likeness (QED) is 0.857. The summed E-state index contributed by atoms with van der Waals surface area (Å²) < 4.78 is 26.2. The van der Waals surface area contributed by atoms with Gasteiger partial charge in [-0.05, 0) is 18.6 Å². The Morgan fingerprint density at radius 1 is 1.29 bits per heavy atom. The van der Waals surface area contributed by atoms with Crippen LogP contribution >= 0.6 is 23.2 Å². The molecular weight excluding hydrogens is 341 g/mol.